The van der Waals surface area contributed by atoms with E-state index in [2.05, 4.69) is 0 Å². The molecule has 2 N–H and O–H groups in total. The lowest BCUT2D eigenvalue weighted by Crippen LogP contribution is -2.18. The van der Waals surface area contributed by atoms with Crippen LogP contribution in [0.1, 0.15) is 42.6 Å². The lowest BCUT2D eigenvalue weighted by Gasteiger charge is -2.13. The van der Waals surface area contributed by atoms with Gasteiger partial charge in [0.05, 0.1) is 11.7 Å². The Bertz CT molecular complexity index is 613. The van der Waals surface area contributed by atoms with Crippen LogP contribution in [0.2, 0.25) is 0 Å². The number of halogens is 1. The molecule has 1 aromatic rings. The predicted molar refractivity (Wildman–Crippen MR) is 72.3 cm³/mol. The molecular formula is C13H18FNO4S. The van der Waals surface area contributed by atoms with Crippen molar-refractivity contribution >= 4 is 16.0 Å². The van der Waals surface area contributed by atoms with Crippen molar-refractivity contribution in [1.82, 2.24) is 0 Å². The molecule has 0 fully saturated rings. The molecule has 0 heterocycles. The van der Waals surface area contributed by atoms with Gasteiger partial charge in [-0.05, 0) is 38.0 Å². The van der Waals surface area contributed by atoms with Gasteiger partial charge in [0.1, 0.15) is 10.7 Å². The molecule has 1 unspecified atom stereocenters. The van der Waals surface area contributed by atoms with E-state index < -0.39 is 26.7 Å². The lowest BCUT2D eigenvalue weighted by molar-refractivity contribution is 0.0323. The molecule has 0 aliphatic rings. The molecule has 0 saturated carbocycles. The van der Waals surface area contributed by atoms with Gasteiger partial charge in [-0.25, -0.2) is 22.7 Å². The summed E-state index contributed by atoms with van der Waals surface area (Å²) >= 11 is 0. The number of carbonyl (C=O) groups excluding carboxylic acids is 1. The summed E-state index contributed by atoms with van der Waals surface area (Å²) in [6.45, 7) is 5.04. The van der Waals surface area contributed by atoms with Gasteiger partial charge in [0, 0.05) is 0 Å². The normalized spacial score (nSPS) is 13.1. The highest BCUT2D eigenvalue weighted by atomic mass is 32.2. The fourth-order valence-corrected chi connectivity index (χ4v) is 2.48. The maximum Gasteiger partial charge on any atom is 0.338 e. The monoisotopic (exact) mass is 303 g/mol. The minimum Gasteiger partial charge on any atom is -0.459 e. The lowest BCUT2D eigenvalue weighted by atomic mass is 10.1. The van der Waals surface area contributed by atoms with Crippen LogP contribution in [0.25, 0.3) is 0 Å². The Labute approximate surface area is 118 Å². The molecule has 0 bridgehead atoms. The summed E-state index contributed by atoms with van der Waals surface area (Å²) in [5.41, 5.74) is -0.0116. The Morgan fingerprint density at radius 1 is 1.45 bits per heavy atom. The van der Waals surface area contributed by atoms with E-state index in [0.29, 0.717) is 6.42 Å². The first-order valence-electron chi connectivity index (χ1n) is 6.20. The number of esters is 1. The van der Waals surface area contributed by atoms with Crippen molar-refractivity contribution in [2.75, 3.05) is 0 Å². The topological polar surface area (TPSA) is 86.5 Å². The Kier molecular flexibility index (Phi) is 5.24. The van der Waals surface area contributed by atoms with Crippen LogP contribution >= 0.6 is 0 Å². The van der Waals surface area contributed by atoms with Crippen molar-refractivity contribution in [3.8, 4) is 0 Å². The van der Waals surface area contributed by atoms with E-state index in [4.69, 9.17) is 9.88 Å². The minimum atomic E-state index is -4.23. The third kappa shape index (κ3) is 4.01. The predicted octanol–water partition coefficient (Wildman–Crippen LogP) is 2.13. The van der Waals surface area contributed by atoms with Crippen LogP contribution in [0.15, 0.2) is 17.0 Å². The highest BCUT2D eigenvalue weighted by molar-refractivity contribution is 7.89. The number of ether oxygens (including phenoxy) is 1. The summed E-state index contributed by atoms with van der Waals surface area (Å²) in [6.07, 6.45) is 1.24. The molecule has 5 nitrogen and oxygen atoms in total. The average molecular weight is 303 g/mol. The molecule has 0 aliphatic heterocycles. The Morgan fingerprint density at radius 2 is 2.05 bits per heavy atom. The van der Waals surface area contributed by atoms with Crippen molar-refractivity contribution in [1.29, 1.82) is 0 Å². The van der Waals surface area contributed by atoms with Crippen LogP contribution < -0.4 is 5.14 Å². The van der Waals surface area contributed by atoms with E-state index in [1.807, 2.05) is 6.92 Å². The van der Waals surface area contributed by atoms with Gasteiger partial charge in [-0.3, -0.25) is 0 Å². The van der Waals surface area contributed by atoms with Crippen LogP contribution in [0.4, 0.5) is 4.39 Å². The highest BCUT2D eigenvalue weighted by Crippen LogP contribution is 2.20. The van der Waals surface area contributed by atoms with Crippen molar-refractivity contribution in [2.24, 2.45) is 5.14 Å². The zero-order chi connectivity index (χ0) is 15.5. The second-order valence-electron chi connectivity index (χ2n) is 4.65. The van der Waals surface area contributed by atoms with Crippen molar-refractivity contribution in [3.63, 3.8) is 0 Å². The maximum absolute atomic E-state index is 13.7. The molecule has 0 aliphatic carbocycles. The number of carbonyl (C=O) groups is 1. The van der Waals surface area contributed by atoms with E-state index in [9.17, 15) is 17.6 Å². The standard InChI is InChI=1S/C13H18FNO4S/c1-4-5-9(3)19-13(16)10-6-8(2)12(14)11(7-10)20(15,17)18/h6-7,9H,4-5H2,1-3H3,(H2,15,17,18). The Balaban J connectivity index is 3.15. The quantitative estimate of drug-likeness (QED) is 0.844. The third-order valence-corrected chi connectivity index (χ3v) is 3.68. The number of sulfonamides is 1. The zero-order valence-corrected chi connectivity index (χ0v) is 12.5. The summed E-state index contributed by atoms with van der Waals surface area (Å²) in [5.74, 6) is -1.65. The van der Waals surface area contributed by atoms with Gasteiger partial charge in [-0.1, -0.05) is 13.3 Å². The van der Waals surface area contributed by atoms with Gasteiger partial charge in [0.2, 0.25) is 10.0 Å². The van der Waals surface area contributed by atoms with Crippen LogP contribution in [-0.2, 0) is 14.8 Å². The maximum atomic E-state index is 13.7. The fraction of sp³-hybridized carbons (Fsp3) is 0.462. The van der Waals surface area contributed by atoms with Crippen molar-refractivity contribution in [3.05, 3.63) is 29.1 Å². The second-order valence-corrected chi connectivity index (χ2v) is 6.18. The largest absolute Gasteiger partial charge is 0.459 e. The molecule has 112 valence electrons. The van der Waals surface area contributed by atoms with Gasteiger partial charge in [0.15, 0.2) is 0 Å². The number of hydrogen-bond donors (Lipinski definition) is 1. The van der Waals surface area contributed by atoms with Crippen molar-refractivity contribution in [2.45, 2.75) is 44.6 Å². The molecule has 1 rings (SSSR count). The van der Waals surface area contributed by atoms with Crippen molar-refractivity contribution < 1.29 is 22.3 Å². The average Bonchev–Trinajstić information content (AvgIpc) is 2.30. The van der Waals surface area contributed by atoms with Gasteiger partial charge < -0.3 is 4.74 Å². The molecular weight excluding hydrogens is 285 g/mol. The number of rotatable bonds is 5. The van der Waals surface area contributed by atoms with Gasteiger partial charge in [0.25, 0.3) is 0 Å². The summed E-state index contributed by atoms with van der Waals surface area (Å²) in [6, 6.07) is 2.14. The summed E-state index contributed by atoms with van der Waals surface area (Å²) in [5, 5.41) is 4.92. The number of primary sulfonamides is 1. The molecule has 1 aromatic carbocycles. The first-order chi connectivity index (χ1) is 9.16. The molecule has 1 atom stereocenters. The highest BCUT2D eigenvalue weighted by Gasteiger charge is 2.21. The SMILES string of the molecule is CCCC(C)OC(=O)c1cc(C)c(F)c(S(N)(=O)=O)c1. The number of aryl methyl sites for hydroxylation is 1. The molecule has 20 heavy (non-hydrogen) atoms. The summed E-state index contributed by atoms with van der Waals surface area (Å²) < 4.78 is 41.4. The Morgan fingerprint density at radius 3 is 2.55 bits per heavy atom. The van der Waals surface area contributed by atoms with E-state index in [1.165, 1.54) is 13.0 Å². The summed E-state index contributed by atoms with van der Waals surface area (Å²) in [7, 11) is -4.23. The smallest absolute Gasteiger partial charge is 0.338 e. The first-order valence-corrected chi connectivity index (χ1v) is 7.75. The second kappa shape index (κ2) is 6.32. The van der Waals surface area contributed by atoms with Crippen LogP contribution in [0.3, 0.4) is 0 Å². The van der Waals surface area contributed by atoms with Gasteiger partial charge >= 0.3 is 5.97 Å². The summed E-state index contributed by atoms with van der Waals surface area (Å²) in [4.78, 5) is 11.2. The number of hydrogen-bond acceptors (Lipinski definition) is 4. The zero-order valence-electron chi connectivity index (χ0n) is 11.6. The molecule has 0 radical (unpaired) electrons. The van der Waals surface area contributed by atoms with E-state index in [-0.39, 0.29) is 17.2 Å². The number of nitrogens with two attached hydrogens (primary N) is 1. The minimum absolute atomic E-state index is 0.0200. The van der Waals surface area contributed by atoms with E-state index in [1.54, 1.807) is 6.92 Å². The molecule has 0 aromatic heterocycles. The van der Waals surface area contributed by atoms with Gasteiger partial charge in [-0.15, -0.1) is 0 Å². The van der Waals surface area contributed by atoms with E-state index in [0.717, 1.165) is 12.5 Å². The molecule has 0 spiro atoms. The van der Waals surface area contributed by atoms with Crippen LogP contribution in [0, 0.1) is 12.7 Å². The van der Waals surface area contributed by atoms with E-state index >= 15 is 0 Å². The molecule has 0 saturated heterocycles. The van der Waals surface area contributed by atoms with Gasteiger partial charge in [-0.2, -0.15) is 0 Å². The molecule has 0 amide bonds. The van der Waals surface area contributed by atoms with Crippen LogP contribution in [-0.4, -0.2) is 20.5 Å². The number of benzene rings is 1. The van der Waals surface area contributed by atoms with Crippen LogP contribution in [0.5, 0.6) is 0 Å². The first kappa shape index (κ1) is 16.6. The Hall–Kier alpha value is -1.47. The molecule has 7 heteroatoms. The fourth-order valence-electron chi connectivity index (χ4n) is 1.78. The third-order valence-electron chi connectivity index (χ3n) is 2.77.